The number of aliphatic hydroxyl groups excluding tert-OH is 1. The molecule has 1 aromatic carbocycles. The Morgan fingerprint density at radius 3 is 2.81 bits per heavy atom. The van der Waals surface area contributed by atoms with Crippen LogP contribution in [-0.4, -0.2) is 27.7 Å². The Balaban J connectivity index is 1.86. The van der Waals surface area contributed by atoms with Crippen molar-refractivity contribution in [1.82, 2.24) is 9.38 Å². The largest absolute Gasteiger partial charge is 0.491 e. The predicted octanol–water partition coefficient (Wildman–Crippen LogP) is 3.07. The number of alkyl halides is 3. The van der Waals surface area contributed by atoms with E-state index >= 15 is 0 Å². The van der Waals surface area contributed by atoms with Crippen molar-refractivity contribution in [2.24, 2.45) is 0 Å². The molecule has 3 aromatic rings. The Kier molecular flexibility index (Phi) is 5.38. The van der Waals surface area contributed by atoms with Gasteiger partial charge in [-0.1, -0.05) is 0 Å². The first-order valence-electron chi connectivity index (χ1n) is 7.95. The summed E-state index contributed by atoms with van der Waals surface area (Å²) >= 11 is 1.29. The Morgan fingerprint density at radius 2 is 2.11 bits per heavy atom. The first-order valence-corrected chi connectivity index (χ1v) is 8.83. The second-order valence-corrected chi connectivity index (χ2v) is 6.55. The van der Waals surface area contributed by atoms with Crippen molar-refractivity contribution in [1.29, 1.82) is 0 Å². The summed E-state index contributed by atoms with van der Waals surface area (Å²) in [4.78, 5) is 16.9. The van der Waals surface area contributed by atoms with Gasteiger partial charge in [-0.3, -0.25) is 9.20 Å². The van der Waals surface area contributed by atoms with E-state index in [1.165, 1.54) is 33.9 Å². The lowest BCUT2D eigenvalue weighted by Gasteiger charge is -2.16. The number of ether oxygens (including phenoxy) is 1. The second-order valence-electron chi connectivity index (χ2n) is 5.71. The van der Waals surface area contributed by atoms with Crippen molar-refractivity contribution in [2.45, 2.75) is 19.6 Å². The van der Waals surface area contributed by atoms with Gasteiger partial charge >= 0.3 is 6.18 Å². The van der Waals surface area contributed by atoms with E-state index in [4.69, 9.17) is 9.84 Å². The van der Waals surface area contributed by atoms with Gasteiger partial charge in [0.05, 0.1) is 24.4 Å². The zero-order valence-electron chi connectivity index (χ0n) is 14.2. The zero-order valence-corrected chi connectivity index (χ0v) is 15.0. The molecule has 2 heterocycles. The summed E-state index contributed by atoms with van der Waals surface area (Å²) in [5.74, 6) is 0.00812. The summed E-state index contributed by atoms with van der Waals surface area (Å²) in [5, 5.41) is 13.2. The highest BCUT2D eigenvalue weighted by atomic mass is 32.1. The fraction of sp³-hybridized carbons (Fsp3) is 0.294. The van der Waals surface area contributed by atoms with Crippen molar-refractivity contribution >= 4 is 22.0 Å². The summed E-state index contributed by atoms with van der Waals surface area (Å²) in [5.41, 5.74) is -0.231. The van der Waals surface area contributed by atoms with Crippen molar-refractivity contribution in [3.8, 4) is 5.75 Å². The van der Waals surface area contributed by atoms with E-state index in [0.29, 0.717) is 10.7 Å². The van der Waals surface area contributed by atoms with Gasteiger partial charge in [-0.25, -0.2) is 4.98 Å². The van der Waals surface area contributed by atoms with E-state index in [-0.39, 0.29) is 36.8 Å². The molecule has 0 unspecified atom stereocenters. The SMILES string of the molecule is Cc1csc2nc(CNc3ccc(OCCO)cc3C(F)(F)F)cc(=O)n12. The third kappa shape index (κ3) is 4.22. The van der Waals surface area contributed by atoms with Gasteiger partial charge in [-0.2, -0.15) is 13.2 Å². The van der Waals surface area contributed by atoms with E-state index in [2.05, 4.69) is 10.3 Å². The predicted molar refractivity (Wildman–Crippen MR) is 95.4 cm³/mol. The molecule has 6 nitrogen and oxygen atoms in total. The van der Waals surface area contributed by atoms with Crippen molar-refractivity contribution in [3.63, 3.8) is 0 Å². The van der Waals surface area contributed by atoms with E-state index < -0.39 is 11.7 Å². The van der Waals surface area contributed by atoms with Crippen LogP contribution in [0.4, 0.5) is 18.9 Å². The van der Waals surface area contributed by atoms with E-state index in [0.717, 1.165) is 11.8 Å². The van der Waals surface area contributed by atoms with Crippen LogP contribution in [0.2, 0.25) is 0 Å². The van der Waals surface area contributed by atoms with Crippen LogP contribution in [-0.2, 0) is 12.7 Å². The fourth-order valence-electron chi connectivity index (χ4n) is 2.54. The number of anilines is 1. The minimum absolute atomic E-state index is 0.00812. The molecule has 0 saturated heterocycles. The molecule has 0 bridgehead atoms. The minimum atomic E-state index is -4.59. The van der Waals surface area contributed by atoms with Crippen LogP contribution in [0.1, 0.15) is 17.0 Å². The lowest BCUT2D eigenvalue weighted by atomic mass is 10.1. The number of benzene rings is 1. The van der Waals surface area contributed by atoms with Gasteiger partial charge in [0.25, 0.3) is 5.56 Å². The highest BCUT2D eigenvalue weighted by Crippen LogP contribution is 2.37. The normalized spacial score (nSPS) is 11.7. The highest BCUT2D eigenvalue weighted by molar-refractivity contribution is 7.15. The molecule has 10 heteroatoms. The van der Waals surface area contributed by atoms with E-state index in [1.807, 2.05) is 0 Å². The summed E-state index contributed by atoms with van der Waals surface area (Å²) in [6, 6.07) is 4.79. The molecule has 3 rings (SSSR count). The lowest BCUT2D eigenvalue weighted by molar-refractivity contribution is -0.137. The smallest absolute Gasteiger partial charge is 0.418 e. The molecule has 0 spiro atoms. The number of hydrogen-bond donors (Lipinski definition) is 2. The molecule has 0 fully saturated rings. The standard InChI is InChI=1S/C17H16F3N3O3S/c1-10-9-27-16-22-11(6-15(25)23(10)16)8-21-14-3-2-12(26-5-4-24)7-13(14)17(18,19)20/h2-3,6-7,9,21,24H,4-5,8H2,1H3. The molecule has 0 radical (unpaired) electrons. The van der Waals surface area contributed by atoms with Gasteiger partial charge in [0.2, 0.25) is 0 Å². The van der Waals surface area contributed by atoms with Gasteiger partial charge in [0.1, 0.15) is 12.4 Å². The quantitative estimate of drug-likeness (QED) is 0.666. The average Bonchev–Trinajstić information content (AvgIpc) is 2.99. The number of thiazole rings is 1. The number of aromatic nitrogens is 2. The highest BCUT2D eigenvalue weighted by Gasteiger charge is 2.34. The first kappa shape index (κ1) is 19.2. The number of rotatable bonds is 6. The van der Waals surface area contributed by atoms with Crippen LogP contribution in [0.5, 0.6) is 5.75 Å². The Labute approximate surface area is 155 Å². The number of nitrogens with one attached hydrogen (secondary N) is 1. The number of hydrogen-bond acceptors (Lipinski definition) is 6. The molecule has 27 heavy (non-hydrogen) atoms. The van der Waals surface area contributed by atoms with Gasteiger partial charge in [0, 0.05) is 22.8 Å². The molecule has 0 saturated carbocycles. The molecule has 0 atom stereocenters. The van der Waals surface area contributed by atoms with Crippen LogP contribution >= 0.6 is 11.3 Å². The summed E-state index contributed by atoms with van der Waals surface area (Å²) < 4.78 is 46.5. The van der Waals surface area contributed by atoms with E-state index in [1.54, 1.807) is 12.3 Å². The molecule has 0 aliphatic heterocycles. The molecular formula is C17H16F3N3O3S. The first-order chi connectivity index (χ1) is 12.8. The van der Waals surface area contributed by atoms with Crippen LogP contribution in [0.25, 0.3) is 4.96 Å². The minimum Gasteiger partial charge on any atom is -0.491 e. The Hall–Kier alpha value is -2.59. The molecule has 0 aliphatic carbocycles. The van der Waals surface area contributed by atoms with Crippen LogP contribution < -0.4 is 15.6 Å². The van der Waals surface area contributed by atoms with Gasteiger partial charge in [-0.15, -0.1) is 11.3 Å². The summed E-state index contributed by atoms with van der Waals surface area (Å²) in [6.07, 6.45) is -4.59. The molecule has 2 aromatic heterocycles. The maximum Gasteiger partial charge on any atom is 0.418 e. The van der Waals surface area contributed by atoms with Crippen molar-refractivity contribution < 1.29 is 23.0 Å². The summed E-state index contributed by atoms with van der Waals surface area (Å²) in [7, 11) is 0. The average molecular weight is 399 g/mol. The number of fused-ring (bicyclic) bond motifs is 1. The fourth-order valence-corrected chi connectivity index (χ4v) is 3.43. The van der Waals surface area contributed by atoms with Gasteiger partial charge in [-0.05, 0) is 25.1 Å². The monoisotopic (exact) mass is 399 g/mol. The lowest BCUT2D eigenvalue weighted by Crippen LogP contribution is -2.17. The van der Waals surface area contributed by atoms with Crippen LogP contribution in [0.15, 0.2) is 34.4 Å². The zero-order chi connectivity index (χ0) is 19.6. The van der Waals surface area contributed by atoms with Crippen LogP contribution in [0.3, 0.4) is 0 Å². The topological polar surface area (TPSA) is 75.9 Å². The van der Waals surface area contributed by atoms with E-state index in [9.17, 15) is 18.0 Å². The van der Waals surface area contributed by atoms with Gasteiger partial charge < -0.3 is 15.2 Å². The van der Waals surface area contributed by atoms with Crippen LogP contribution in [0, 0.1) is 6.92 Å². The molecular weight excluding hydrogens is 383 g/mol. The summed E-state index contributed by atoms with van der Waals surface area (Å²) in [6.45, 7) is 1.34. The molecule has 2 N–H and O–H groups in total. The van der Waals surface area contributed by atoms with Gasteiger partial charge in [0.15, 0.2) is 4.96 Å². The third-order valence-electron chi connectivity index (χ3n) is 3.75. The molecule has 0 aliphatic rings. The Morgan fingerprint density at radius 1 is 1.33 bits per heavy atom. The number of aryl methyl sites for hydroxylation is 1. The van der Waals surface area contributed by atoms with Crippen molar-refractivity contribution in [3.05, 3.63) is 57.0 Å². The molecule has 144 valence electrons. The maximum absolute atomic E-state index is 13.3. The second kappa shape index (κ2) is 7.57. The Bertz CT molecular complexity index is 1010. The third-order valence-corrected chi connectivity index (χ3v) is 4.69. The number of halogens is 3. The number of nitrogens with zero attached hydrogens (tertiary/aromatic N) is 2. The molecule has 0 amide bonds. The van der Waals surface area contributed by atoms with Crippen molar-refractivity contribution in [2.75, 3.05) is 18.5 Å². The number of aliphatic hydroxyl groups is 1. The maximum atomic E-state index is 13.3.